The number of hydrogen-bond donors (Lipinski definition) is 2. The van der Waals surface area contributed by atoms with Gasteiger partial charge < -0.3 is 61.9 Å². The van der Waals surface area contributed by atoms with Crippen molar-refractivity contribution in [1.29, 1.82) is 5.26 Å². The molecule has 0 spiro atoms. The van der Waals surface area contributed by atoms with Gasteiger partial charge in [-0.15, -0.1) is 0 Å². The monoisotopic (exact) mass is 1160 g/mol. The van der Waals surface area contributed by atoms with E-state index in [-0.39, 0.29) is 50.4 Å². The molecule has 0 bridgehead atoms. The van der Waals surface area contributed by atoms with Crippen molar-refractivity contribution in [3.05, 3.63) is 128 Å². The summed E-state index contributed by atoms with van der Waals surface area (Å²) in [6.45, 7) is 11.1. The molecule has 2 aliphatic rings. The molecule has 4 aromatic rings. The number of hydrogen-bond acceptors (Lipinski definition) is 20. The molecule has 24 nitrogen and oxygen atoms in total. The van der Waals surface area contributed by atoms with Crippen LogP contribution in [0.2, 0.25) is 0 Å². The number of amides is 2. The normalized spacial score (nSPS) is 21.3. The summed E-state index contributed by atoms with van der Waals surface area (Å²) in [7, 11) is 1.11. The van der Waals surface area contributed by atoms with Crippen molar-refractivity contribution in [1.82, 2.24) is 24.4 Å². The molecular formula is C57H73N6O18P. The molecule has 8 atom stereocenters. The Hall–Kier alpha value is -7.07. The fraction of sp³-hybridized carbons (Fsp3) is 0.509. The number of nitrogens with zero attached hydrogens (tertiary/aromatic N) is 4. The van der Waals surface area contributed by atoms with Gasteiger partial charge in [-0.2, -0.15) is 5.26 Å². The zero-order valence-corrected chi connectivity index (χ0v) is 48.8. The van der Waals surface area contributed by atoms with Gasteiger partial charge in [0.2, 0.25) is 11.8 Å². The summed E-state index contributed by atoms with van der Waals surface area (Å²) in [5, 5.41) is 12.2. The summed E-state index contributed by atoms with van der Waals surface area (Å²) in [6, 6.07) is 24.5. The molecule has 2 amide bonds. The van der Waals surface area contributed by atoms with Gasteiger partial charge in [0.15, 0.2) is 24.7 Å². The van der Waals surface area contributed by atoms with Crippen molar-refractivity contribution in [2.75, 3.05) is 60.3 Å². The molecule has 1 aromatic heterocycles. The van der Waals surface area contributed by atoms with Crippen LogP contribution in [0, 0.1) is 18.3 Å². The maximum atomic E-state index is 15.3. The second-order valence-corrected chi connectivity index (χ2v) is 21.6. The van der Waals surface area contributed by atoms with E-state index < -0.39 is 117 Å². The molecule has 2 aliphatic heterocycles. The zero-order chi connectivity index (χ0) is 59.9. The third kappa shape index (κ3) is 16.1. The topological polar surface area (TPSA) is 284 Å². The molecular weight excluding hydrogens is 1090 g/mol. The molecule has 3 heterocycles. The van der Waals surface area contributed by atoms with Gasteiger partial charge in [0.05, 0.1) is 59.6 Å². The largest absolute Gasteiger partial charge is 0.497 e. The van der Waals surface area contributed by atoms with Crippen LogP contribution in [0.1, 0.15) is 90.3 Å². The van der Waals surface area contributed by atoms with E-state index in [2.05, 4.69) is 16.4 Å². The van der Waals surface area contributed by atoms with E-state index >= 15 is 4.79 Å². The van der Waals surface area contributed by atoms with Crippen LogP contribution in [0.25, 0.3) is 0 Å². The van der Waals surface area contributed by atoms with Crippen molar-refractivity contribution < 1.29 is 75.7 Å². The molecule has 2 fully saturated rings. The molecule has 82 heavy (non-hydrogen) atoms. The van der Waals surface area contributed by atoms with Crippen molar-refractivity contribution in [2.24, 2.45) is 0 Å². The van der Waals surface area contributed by atoms with E-state index in [1.54, 1.807) is 38.5 Å². The van der Waals surface area contributed by atoms with Crippen molar-refractivity contribution >= 4 is 38.2 Å². The van der Waals surface area contributed by atoms with Gasteiger partial charge in [-0.1, -0.05) is 54.6 Å². The van der Waals surface area contributed by atoms with Crippen LogP contribution in [-0.2, 0) is 71.8 Å². The highest BCUT2D eigenvalue weighted by atomic mass is 31.2. The summed E-state index contributed by atoms with van der Waals surface area (Å²) in [5.74, 6) is -2.63. The van der Waals surface area contributed by atoms with Crippen LogP contribution >= 0.6 is 8.53 Å². The van der Waals surface area contributed by atoms with Gasteiger partial charge in [-0.25, -0.2) is 9.46 Å². The van der Waals surface area contributed by atoms with Crippen LogP contribution in [0.3, 0.4) is 0 Å². The highest BCUT2D eigenvalue weighted by molar-refractivity contribution is 7.44. The number of esters is 3. The summed E-state index contributed by atoms with van der Waals surface area (Å²) < 4.78 is 71.3. The highest BCUT2D eigenvalue weighted by Gasteiger charge is 2.53. The van der Waals surface area contributed by atoms with E-state index in [9.17, 15) is 34.0 Å². The number of nitriles is 1. The number of aromatic nitrogens is 2. The van der Waals surface area contributed by atoms with Crippen LogP contribution in [0.4, 0.5) is 0 Å². The number of morpholine rings is 1. The van der Waals surface area contributed by atoms with Gasteiger partial charge in [0, 0.05) is 51.5 Å². The third-order valence-corrected chi connectivity index (χ3v) is 15.4. The van der Waals surface area contributed by atoms with Crippen LogP contribution < -0.4 is 26.0 Å². The van der Waals surface area contributed by atoms with Crippen molar-refractivity contribution in [2.45, 2.75) is 129 Å². The second kappa shape index (κ2) is 29.3. The lowest BCUT2D eigenvalue weighted by Gasteiger charge is -2.48. The Kier molecular flexibility index (Phi) is 22.9. The first-order chi connectivity index (χ1) is 39.0. The maximum absolute atomic E-state index is 15.3. The average Bonchev–Trinajstić information content (AvgIpc) is 3.55. The van der Waals surface area contributed by atoms with Gasteiger partial charge in [0.25, 0.3) is 14.1 Å². The minimum atomic E-state index is -2.00. The van der Waals surface area contributed by atoms with Gasteiger partial charge >= 0.3 is 23.6 Å². The number of H-pyrrole nitrogens is 1. The number of rotatable bonds is 26. The fourth-order valence-electron chi connectivity index (χ4n) is 9.78. The molecule has 2 saturated heterocycles. The predicted octanol–water partition coefficient (Wildman–Crippen LogP) is 4.93. The lowest BCUT2D eigenvalue weighted by Crippen LogP contribution is -2.67. The molecule has 0 aliphatic carbocycles. The lowest BCUT2D eigenvalue weighted by molar-refractivity contribution is -0.277. The van der Waals surface area contributed by atoms with Crippen LogP contribution in [0.15, 0.2) is 94.6 Å². The minimum Gasteiger partial charge on any atom is -0.497 e. The van der Waals surface area contributed by atoms with E-state index in [4.69, 9.17) is 51.7 Å². The summed E-state index contributed by atoms with van der Waals surface area (Å²) in [4.78, 5) is 95.9. The van der Waals surface area contributed by atoms with Gasteiger partial charge in [-0.05, 0) is 75.6 Å². The van der Waals surface area contributed by atoms with Crippen molar-refractivity contribution in [3.8, 4) is 17.6 Å². The first-order valence-electron chi connectivity index (χ1n) is 26.5. The second-order valence-electron chi connectivity index (χ2n) is 20.2. The summed E-state index contributed by atoms with van der Waals surface area (Å²) in [6.07, 6.45) is -5.93. The SMILES string of the molecule is COc1ccc(C(OC[C@]2(COP(OCCC#N)N(C(C)C)C(C)C)CN(C(=O)CO[C@@H]3O[C@H](COC(C)=O)[C@H](OC(C)=O)[C@H](OC(C)=O)[C@H]3NC(C)=O)C[C@H](n3cc(C)c(=O)[nH]c3=O)O2)(c2ccccc2)c2ccc(OC)cc2)cc1. The number of ether oxygens (including phenoxy) is 9. The van der Waals surface area contributed by atoms with Gasteiger partial charge in [0.1, 0.15) is 48.1 Å². The first-order valence-corrected chi connectivity index (χ1v) is 27.7. The molecule has 0 radical (unpaired) electrons. The third-order valence-electron chi connectivity index (χ3n) is 13.3. The number of carbonyl (C=O) groups is 5. The number of methoxy groups -OCH3 is 2. The number of aromatic amines is 1. The number of aryl methyl sites for hydroxylation is 1. The van der Waals surface area contributed by atoms with Crippen molar-refractivity contribution in [3.63, 3.8) is 0 Å². The molecule has 3 aromatic carbocycles. The number of benzene rings is 3. The molecule has 1 unspecified atom stereocenters. The lowest BCUT2D eigenvalue weighted by atomic mass is 9.79. The number of nitrogens with one attached hydrogen (secondary N) is 2. The molecule has 0 saturated carbocycles. The van der Waals surface area contributed by atoms with E-state index in [0.29, 0.717) is 28.2 Å². The molecule has 25 heteroatoms. The summed E-state index contributed by atoms with van der Waals surface area (Å²) >= 11 is 0. The van der Waals surface area contributed by atoms with E-state index in [1.165, 1.54) is 24.9 Å². The Bertz CT molecular complexity index is 2920. The fourth-order valence-corrected chi connectivity index (χ4v) is 11.5. The Morgan fingerprint density at radius 1 is 0.829 bits per heavy atom. The van der Waals surface area contributed by atoms with E-state index in [0.717, 1.165) is 25.3 Å². The minimum absolute atomic E-state index is 0.00950. The average molecular weight is 1160 g/mol. The Labute approximate surface area is 477 Å². The highest BCUT2D eigenvalue weighted by Crippen LogP contribution is 2.49. The molecule has 2 N–H and O–H groups in total. The Morgan fingerprint density at radius 3 is 1.95 bits per heavy atom. The smallest absolute Gasteiger partial charge is 0.330 e. The van der Waals surface area contributed by atoms with E-state index in [1.807, 2.05) is 87.0 Å². The van der Waals surface area contributed by atoms with Crippen LogP contribution in [0.5, 0.6) is 11.5 Å². The first kappa shape index (κ1) is 64.1. The quantitative estimate of drug-likeness (QED) is 0.0277. The summed E-state index contributed by atoms with van der Waals surface area (Å²) in [5.41, 5.74) is -2.68. The molecule has 444 valence electrons. The molecule has 6 rings (SSSR count). The number of carbonyl (C=O) groups excluding carboxylic acids is 5. The zero-order valence-electron chi connectivity index (χ0n) is 47.9. The Balaban J connectivity index is 1.53. The van der Waals surface area contributed by atoms with Gasteiger partial charge in [-0.3, -0.25) is 38.3 Å². The Morgan fingerprint density at radius 2 is 1.41 bits per heavy atom. The van der Waals surface area contributed by atoms with Crippen LogP contribution in [-0.4, -0.2) is 158 Å². The predicted molar refractivity (Wildman–Crippen MR) is 295 cm³/mol. The maximum Gasteiger partial charge on any atom is 0.330 e. The standard InChI is InChI=1S/C57H73N6O18P/c1-35(2)63(36(3)4)82(76-27-15-26-58)77-34-56(33-75-57(42-16-13-12-14-17-42,43-18-22-45(71-10)23-19-43)44-20-24-46(72-11)25-21-44)32-61(29-49(81-56)62-28-37(5)53(69)60-55(62)70)48(68)31-74-54-50(59-38(6)64)52(79-41(9)67)51(78-40(8)66)47(80-54)30-73-39(7)65/h12-14,16-25,28,35-36,47,49-52,54H,15,27,29-34H2,1-11H3,(H,59,64)(H,60,69,70)/t47-,49-,50-,51+,52-,54-,56+,82?/m1/s1.